The van der Waals surface area contributed by atoms with Gasteiger partial charge in [0.1, 0.15) is 24.4 Å². The lowest BCUT2D eigenvalue weighted by Gasteiger charge is -2.40. The van der Waals surface area contributed by atoms with Gasteiger partial charge in [0, 0.05) is 5.69 Å². The molecular formula is C13H16N2O4S. The lowest BCUT2D eigenvalue weighted by atomic mass is 9.97. The van der Waals surface area contributed by atoms with Crippen LogP contribution in [0.1, 0.15) is 0 Å². The highest BCUT2D eigenvalue weighted by molar-refractivity contribution is 7.80. The van der Waals surface area contributed by atoms with Crippen LogP contribution in [0.3, 0.4) is 0 Å². The minimum atomic E-state index is -1.15. The zero-order valence-corrected chi connectivity index (χ0v) is 11.4. The summed E-state index contributed by atoms with van der Waals surface area (Å²) in [6.07, 6.45) is -3.59. The van der Waals surface area contributed by atoms with Crippen LogP contribution in [0.4, 0.5) is 5.69 Å². The van der Waals surface area contributed by atoms with Gasteiger partial charge in [-0.2, -0.15) is 0 Å². The molecule has 0 saturated carbocycles. The fourth-order valence-corrected chi connectivity index (χ4v) is 3.00. The Hall–Kier alpha value is -1.25. The first-order valence-electron chi connectivity index (χ1n) is 6.40. The third-order valence-electron chi connectivity index (χ3n) is 3.70. The van der Waals surface area contributed by atoms with E-state index >= 15 is 0 Å². The van der Waals surface area contributed by atoms with Gasteiger partial charge in [-0.15, -0.1) is 0 Å². The monoisotopic (exact) mass is 296 g/mol. The van der Waals surface area contributed by atoms with E-state index in [1.54, 1.807) is 4.90 Å². The molecule has 108 valence electrons. The molecule has 2 heterocycles. The summed E-state index contributed by atoms with van der Waals surface area (Å²) in [6.45, 7) is -0.364. The molecule has 2 saturated heterocycles. The maximum Gasteiger partial charge on any atom is 0.176 e. The van der Waals surface area contributed by atoms with Crippen LogP contribution >= 0.6 is 12.2 Å². The van der Waals surface area contributed by atoms with E-state index in [0.29, 0.717) is 5.11 Å². The van der Waals surface area contributed by atoms with Crippen molar-refractivity contribution in [2.24, 2.45) is 0 Å². The first-order chi connectivity index (χ1) is 9.63. The zero-order chi connectivity index (χ0) is 14.3. The topological polar surface area (TPSA) is 85.2 Å². The van der Waals surface area contributed by atoms with Gasteiger partial charge >= 0.3 is 0 Å². The van der Waals surface area contributed by atoms with E-state index in [0.717, 1.165) is 5.69 Å². The van der Waals surface area contributed by atoms with Crippen LogP contribution in [-0.2, 0) is 4.74 Å². The molecule has 0 aromatic heterocycles. The Labute approximate surface area is 121 Å². The summed E-state index contributed by atoms with van der Waals surface area (Å²) in [5.41, 5.74) is 0.831. The highest BCUT2D eigenvalue weighted by Gasteiger charge is 2.51. The fourth-order valence-electron chi connectivity index (χ4n) is 2.65. The highest BCUT2D eigenvalue weighted by atomic mass is 32.1. The molecule has 2 fully saturated rings. The Morgan fingerprint density at radius 2 is 1.90 bits per heavy atom. The first kappa shape index (κ1) is 13.7. The summed E-state index contributed by atoms with van der Waals surface area (Å²) in [6, 6.07) is 8.88. The molecule has 5 atom stereocenters. The molecule has 3 rings (SSSR count). The number of rotatable bonds is 2. The average Bonchev–Trinajstić information content (AvgIpc) is 2.80. The van der Waals surface area contributed by atoms with Crippen LogP contribution < -0.4 is 10.2 Å². The highest BCUT2D eigenvalue weighted by Crippen LogP contribution is 2.31. The Morgan fingerprint density at radius 1 is 1.20 bits per heavy atom. The fraction of sp³-hybridized carbons (Fsp3) is 0.462. The Morgan fingerprint density at radius 3 is 2.55 bits per heavy atom. The number of anilines is 1. The molecule has 0 aliphatic carbocycles. The summed E-state index contributed by atoms with van der Waals surface area (Å²) in [4.78, 5) is 1.75. The second kappa shape index (κ2) is 5.27. The van der Waals surface area contributed by atoms with E-state index in [2.05, 4.69) is 5.32 Å². The minimum Gasteiger partial charge on any atom is -0.394 e. The second-order valence-electron chi connectivity index (χ2n) is 4.91. The average molecular weight is 296 g/mol. The van der Waals surface area contributed by atoms with Gasteiger partial charge in [-0.05, 0) is 24.4 Å². The molecule has 20 heavy (non-hydrogen) atoms. The van der Waals surface area contributed by atoms with Gasteiger partial charge in [0.2, 0.25) is 0 Å². The molecule has 1 aromatic rings. The summed E-state index contributed by atoms with van der Waals surface area (Å²) < 4.78 is 5.70. The third kappa shape index (κ3) is 2.07. The van der Waals surface area contributed by atoms with Crippen LogP contribution in [0.2, 0.25) is 0 Å². The predicted octanol–water partition coefficient (Wildman–Crippen LogP) is -0.811. The molecule has 0 radical (unpaired) electrons. The van der Waals surface area contributed by atoms with Crippen molar-refractivity contribution in [3.8, 4) is 0 Å². The van der Waals surface area contributed by atoms with Crippen molar-refractivity contribution in [1.29, 1.82) is 0 Å². The minimum absolute atomic E-state index is 0.364. The molecule has 4 N–H and O–H groups in total. The maximum absolute atomic E-state index is 10.1. The second-order valence-corrected chi connectivity index (χ2v) is 5.30. The van der Waals surface area contributed by atoms with Crippen molar-refractivity contribution >= 4 is 23.0 Å². The van der Waals surface area contributed by atoms with Gasteiger partial charge in [0.15, 0.2) is 11.3 Å². The van der Waals surface area contributed by atoms with Gasteiger partial charge in [-0.25, -0.2) is 0 Å². The number of hydrogen-bond acceptors (Lipinski definition) is 5. The van der Waals surface area contributed by atoms with Crippen LogP contribution in [0.15, 0.2) is 30.3 Å². The molecular weight excluding hydrogens is 280 g/mol. The molecule has 7 heteroatoms. The molecule has 2 aliphatic rings. The van der Waals surface area contributed by atoms with Crippen LogP contribution in [-0.4, -0.2) is 57.6 Å². The van der Waals surface area contributed by atoms with Gasteiger partial charge in [0.05, 0.1) is 6.61 Å². The number of aliphatic hydroxyl groups is 3. The Balaban J connectivity index is 1.92. The van der Waals surface area contributed by atoms with Crippen molar-refractivity contribution in [3.63, 3.8) is 0 Å². The number of aliphatic hydroxyl groups excluding tert-OH is 3. The number of thiocarbonyl (C=S) groups is 1. The maximum atomic E-state index is 10.1. The van der Waals surface area contributed by atoms with Crippen molar-refractivity contribution in [2.75, 3.05) is 11.5 Å². The lowest BCUT2D eigenvalue weighted by Crippen LogP contribution is -2.61. The van der Waals surface area contributed by atoms with Crippen molar-refractivity contribution < 1.29 is 20.1 Å². The summed E-state index contributed by atoms with van der Waals surface area (Å²) in [5.74, 6) is 0. The van der Waals surface area contributed by atoms with Crippen LogP contribution in [0.5, 0.6) is 0 Å². The molecule has 6 nitrogen and oxygen atoms in total. The van der Waals surface area contributed by atoms with Gasteiger partial charge < -0.3 is 25.4 Å². The van der Waals surface area contributed by atoms with Crippen molar-refractivity contribution in [1.82, 2.24) is 5.32 Å². The molecule has 0 spiro atoms. The normalized spacial score (nSPS) is 36.6. The van der Waals surface area contributed by atoms with E-state index < -0.39 is 30.6 Å². The quantitative estimate of drug-likeness (QED) is 0.531. The van der Waals surface area contributed by atoms with E-state index in [4.69, 9.17) is 17.0 Å². The number of nitrogens with one attached hydrogen (secondary N) is 1. The zero-order valence-electron chi connectivity index (χ0n) is 10.6. The summed E-state index contributed by atoms with van der Waals surface area (Å²) in [5, 5.41) is 32.7. The summed E-state index contributed by atoms with van der Waals surface area (Å²) >= 11 is 5.28. The molecule has 0 amide bonds. The van der Waals surface area contributed by atoms with Gasteiger partial charge in [-0.3, -0.25) is 4.90 Å². The molecule has 2 aliphatic heterocycles. The molecule has 1 aromatic carbocycles. The largest absolute Gasteiger partial charge is 0.394 e. The van der Waals surface area contributed by atoms with Gasteiger partial charge in [0.25, 0.3) is 0 Å². The van der Waals surface area contributed by atoms with E-state index in [-0.39, 0.29) is 6.61 Å². The third-order valence-corrected chi connectivity index (χ3v) is 4.01. The number of para-hydroxylation sites is 1. The first-order valence-corrected chi connectivity index (χ1v) is 6.81. The Kier molecular flexibility index (Phi) is 3.61. The van der Waals surface area contributed by atoms with E-state index in [9.17, 15) is 15.3 Å². The molecule has 0 bridgehead atoms. The van der Waals surface area contributed by atoms with Crippen molar-refractivity contribution in [3.05, 3.63) is 30.3 Å². The number of benzene rings is 1. The standard InChI is InChI=1S/C13H16N2O4S/c16-6-8-10(17)11(18)9-12(19-8)15(13(20)14-9)7-4-2-1-3-5-7/h1-5,8-12,16-18H,6H2,(H,14,20)/t8-,9-,10+,11-,12-/m0/s1. The predicted molar refractivity (Wildman–Crippen MR) is 76.2 cm³/mol. The number of ether oxygens (including phenoxy) is 1. The number of nitrogens with zero attached hydrogens (tertiary/aromatic N) is 1. The van der Waals surface area contributed by atoms with Crippen molar-refractivity contribution in [2.45, 2.75) is 30.6 Å². The Bertz CT molecular complexity index is 500. The SMILES string of the molecule is OC[C@@H]1O[C@H]2[C@@H](NC(=S)N2c2ccccc2)[C@H](O)[C@@H]1O. The number of fused-ring (bicyclic) bond motifs is 1. The summed E-state index contributed by atoms with van der Waals surface area (Å²) in [7, 11) is 0. The van der Waals surface area contributed by atoms with E-state index in [1.807, 2.05) is 30.3 Å². The van der Waals surface area contributed by atoms with E-state index in [1.165, 1.54) is 0 Å². The van der Waals surface area contributed by atoms with Gasteiger partial charge in [-0.1, -0.05) is 18.2 Å². The van der Waals surface area contributed by atoms with Crippen LogP contribution in [0.25, 0.3) is 0 Å². The lowest BCUT2D eigenvalue weighted by molar-refractivity contribution is -0.184. The molecule has 0 unspecified atom stereocenters. The van der Waals surface area contributed by atoms with Crippen LogP contribution in [0, 0.1) is 0 Å². The number of hydrogen-bond donors (Lipinski definition) is 4. The smallest absolute Gasteiger partial charge is 0.176 e.